The number of hydrogen-bond donors (Lipinski definition) is 0. The fourth-order valence-corrected chi connectivity index (χ4v) is 2.71. The number of carbonyl (C=O) groups is 1. The van der Waals surface area contributed by atoms with Gasteiger partial charge in [-0.3, -0.25) is 0 Å². The normalized spacial score (nSPS) is 20.5. The molecule has 62 valence electrons. The first-order valence-corrected chi connectivity index (χ1v) is 5.04. The molecule has 1 atom stereocenters. The molecule has 4 heteroatoms. The molecule has 1 aliphatic rings. The van der Waals surface area contributed by atoms with E-state index in [1.165, 1.54) is 0 Å². The molecular formula is C8H4Br2O2. The maximum Gasteiger partial charge on any atom is 0.340 e. The topological polar surface area (TPSA) is 26.3 Å². The molecule has 1 aromatic rings. The number of alkyl halides is 1. The zero-order valence-corrected chi connectivity index (χ0v) is 9.05. The summed E-state index contributed by atoms with van der Waals surface area (Å²) in [6, 6.07) is 5.45. The molecule has 0 aliphatic carbocycles. The van der Waals surface area contributed by atoms with Gasteiger partial charge in [0.05, 0.1) is 5.56 Å². The van der Waals surface area contributed by atoms with Crippen LogP contribution < -0.4 is 0 Å². The van der Waals surface area contributed by atoms with E-state index in [9.17, 15) is 4.79 Å². The minimum Gasteiger partial charge on any atom is -0.442 e. The summed E-state index contributed by atoms with van der Waals surface area (Å²) in [5.74, 6) is -0.270. The van der Waals surface area contributed by atoms with E-state index in [-0.39, 0.29) is 11.0 Å². The Bertz CT molecular complexity index is 349. The Labute approximate surface area is 86.2 Å². The first-order valence-electron chi connectivity index (χ1n) is 3.33. The lowest BCUT2D eigenvalue weighted by Crippen LogP contribution is -1.92. The molecule has 0 N–H and O–H groups in total. The van der Waals surface area contributed by atoms with Crippen molar-refractivity contribution in [2.24, 2.45) is 0 Å². The minimum atomic E-state index is -0.310. The summed E-state index contributed by atoms with van der Waals surface area (Å²) >= 11 is 6.61. The lowest BCUT2D eigenvalue weighted by molar-refractivity contribution is 0.0530. The van der Waals surface area contributed by atoms with E-state index in [4.69, 9.17) is 4.74 Å². The number of esters is 1. The van der Waals surface area contributed by atoms with Crippen molar-refractivity contribution in [2.45, 2.75) is 5.01 Å². The number of ether oxygens (including phenoxy) is 1. The molecule has 0 fully saturated rings. The molecule has 0 aromatic heterocycles. The maximum absolute atomic E-state index is 11.2. The molecule has 2 rings (SSSR count). The van der Waals surface area contributed by atoms with E-state index in [0.29, 0.717) is 5.56 Å². The highest BCUT2D eigenvalue weighted by atomic mass is 79.9. The standard InChI is InChI=1S/C8H4Br2O2/c9-5-3-1-2-4-6(5)7(10)12-8(4)11/h1-3,7H. The van der Waals surface area contributed by atoms with Gasteiger partial charge in [-0.2, -0.15) is 0 Å². The molecule has 12 heavy (non-hydrogen) atoms. The predicted octanol–water partition coefficient (Wildman–Crippen LogP) is 3.01. The number of halogens is 2. The summed E-state index contributed by atoms with van der Waals surface area (Å²) in [5.41, 5.74) is 1.51. The third kappa shape index (κ3) is 1.10. The number of rotatable bonds is 0. The van der Waals surface area contributed by atoms with E-state index in [1.54, 1.807) is 6.07 Å². The molecule has 0 amide bonds. The van der Waals surface area contributed by atoms with E-state index in [2.05, 4.69) is 31.9 Å². The minimum absolute atomic E-state index is 0.270. The Morgan fingerprint density at radius 3 is 2.83 bits per heavy atom. The fourth-order valence-electron chi connectivity index (χ4n) is 1.16. The van der Waals surface area contributed by atoms with E-state index < -0.39 is 0 Å². The van der Waals surface area contributed by atoms with Crippen molar-refractivity contribution >= 4 is 37.8 Å². The van der Waals surface area contributed by atoms with Crippen LogP contribution in [0.25, 0.3) is 0 Å². The monoisotopic (exact) mass is 290 g/mol. The highest BCUT2D eigenvalue weighted by Gasteiger charge is 2.30. The van der Waals surface area contributed by atoms with Gasteiger partial charge in [-0.1, -0.05) is 22.0 Å². The summed E-state index contributed by atoms with van der Waals surface area (Å²) in [4.78, 5) is 11.2. The van der Waals surface area contributed by atoms with Gasteiger partial charge < -0.3 is 4.74 Å². The van der Waals surface area contributed by atoms with Crippen molar-refractivity contribution in [2.75, 3.05) is 0 Å². The molecule has 1 heterocycles. The third-order valence-corrected chi connectivity index (χ3v) is 3.05. The zero-order valence-electron chi connectivity index (χ0n) is 5.88. The van der Waals surface area contributed by atoms with Gasteiger partial charge in [-0.05, 0) is 28.1 Å². The Morgan fingerprint density at radius 1 is 1.42 bits per heavy atom. The summed E-state index contributed by atoms with van der Waals surface area (Å²) < 4.78 is 5.86. The van der Waals surface area contributed by atoms with Crippen molar-refractivity contribution in [1.29, 1.82) is 0 Å². The molecule has 0 spiro atoms. The average molecular weight is 292 g/mol. The van der Waals surface area contributed by atoms with Gasteiger partial charge in [0.25, 0.3) is 0 Å². The van der Waals surface area contributed by atoms with E-state index >= 15 is 0 Å². The van der Waals surface area contributed by atoms with Crippen LogP contribution in [0.5, 0.6) is 0 Å². The van der Waals surface area contributed by atoms with Crippen molar-refractivity contribution in [1.82, 2.24) is 0 Å². The highest BCUT2D eigenvalue weighted by Crippen LogP contribution is 2.39. The zero-order chi connectivity index (χ0) is 8.72. The lowest BCUT2D eigenvalue weighted by Gasteiger charge is -2.01. The Balaban J connectivity index is 2.67. The number of fused-ring (bicyclic) bond motifs is 1. The lowest BCUT2D eigenvalue weighted by atomic mass is 10.1. The molecule has 1 aliphatic heterocycles. The van der Waals surface area contributed by atoms with E-state index in [0.717, 1.165) is 10.0 Å². The summed E-state index contributed by atoms with van der Waals surface area (Å²) in [7, 11) is 0. The van der Waals surface area contributed by atoms with Crippen LogP contribution in [0.15, 0.2) is 22.7 Å². The molecule has 0 radical (unpaired) electrons. The summed E-state index contributed by atoms with van der Waals surface area (Å²) in [5, 5.41) is -0.310. The van der Waals surface area contributed by atoms with E-state index in [1.807, 2.05) is 12.1 Å². The van der Waals surface area contributed by atoms with Gasteiger partial charge in [-0.25, -0.2) is 4.79 Å². The van der Waals surface area contributed by atoms with Gasteiger partial charge in [-0.15, -0.1) is 0 Å². The molecule has 0 bridgehead atoms. The number of carbonyl (C=O) groups excluding carboxylic acids is 1. The average Bonchev–Trinajstić information content (AvgIpc) is 2.29. The van der Waals surface area contributed by atoms with Crippen LogP contribution in [0.3, 0.4) is 0 Å². The second-order valence-corrected chi connectivity index (χ2v) is 4.11. The number of hydrogen-bond acceptors (Lipinski definition) is 2. The van der Waals surface area contributed by atoms with Gasteiger partial charge in [0, 0.05) is 10.0 Å². The summed E-state index contributed by atoms with van der Waals surface area (Å²) in [6.45, 7) is 0. The molecule has 0 saturated heterocycles. The van der Waals surface area contributed by atoms with Crippen molar-refractivity contribution < 1.29 is 9.53 Å². The second kappa shape index (κ2) is 2.85. The van der Waals surface area contributed by atoms with Gasteiger partial charge in [0.15, 0.2) is 5.01 Å². The number of cyclic esters (lactones) is 1. The maximum atomic E-state index is 11.2. The first-order chi connectivity index (χ1) is 5.70. The Kier molecular flexibility index (Phi) is 1.96. The smallest absolute Gasteiger partial charge is 0.340 e. The molecule has 0 saturated carbocycles. The fraction of sp³-hybridized carbons (Fsp3) is 0.125. The van der Waals surface area contributed by atoms with Crippen LogP contribution in [0.4, 0.5) is 0 Å². The van der Waals surface area contributed by atoms with Gasteiger partial charge >= 0.3 is 5.97 Å². The molecule has 1 aromatic carbocycles. The quantitative estimate of drug-likeness (QED) is 0.542. The van der Waals surface area contributed by atoms with Crippen LogP contribution in [0.1, 0.15) is 20.9 Å². The molecular weight excluding hydrogens is 288 g/mol. The van der Waals surface area contributed by atoms with Crippen LogP contribution in [0.2, 0.25) is 0 Å². The predicted molar refractivity (Wildman–Crippen MR) is 51.2 cm³/mol. The van der Waals surface area contributed by atoms with Crippen LogP contribution in [-0.4, -0.2) is 5.97 Å². The molecule has 1 unspecified atom stereocenters. The molecule has 2 nitrogen and oxygen atoms in total. The van der Waals surface area contributed by atoms with Crippen molar-refractivity contribution in [3.8, 4) is 0 Å². The number of benzene rings is 1. The highest BCUT2D eigenvalue weighted by molar-refractivity contribution is 9.11. The third-order valence-electron chi connectivity index (χ3n) is 1.71. The SMILES string of the molecule is O=C1OC(Br)c2c(Br)cccc21. The van der Waals surface area contributed by atoms with Crippen LogP contribution in [0, 0.1) is 0 Å². The summed E-state index contributed by atoms with van der Waals surface area (Å²) in [6.07, 6.45) is 0. The van der Waals surface area contributed by atoms with Gasteiger partial charge in [0.1, 0.15) is 0 Å². The van der Waals surface area contributed by atoms with Crippen molar-refractivity contribution in [3.63, 3.8) is 0 Å². The van der Waals surface area contributed by atoms with Gasteiger partial charge in [0.2, 0.25) is 0 Å². The Morgan fingerprint density at radius 2 is 2.17 bits per heavy atom. The van der Waals surface area contributed by atoms with Crippen LogP contribution >= 0.6 is 31.9 Å². The second-order valence-electron chi connectivity index (χ2n) is 2.42. The Hall–Kier alpha value is -0.350. The van der Waals surface area contributed by atoms with Crippen molar-refractivity contribution in [3.05, 3.63) is 33.8 Å². The van der Waals surface area contributed by atoms with Crippen LogP contribution in [-0.2, 0) is 4.74 Å². The largest absolute Gasteiger partial charge is 0.442 e. The first kappa shape index (κ1) is 8.26.